The molecular formula is C10H7N3O5. The number of benzene rings is 1. The summed E-state index contributed by atoms with van der Waals surface area (Å²) in [6.45, 7) is 0. The maximum Gasteiger partial charge on any atom is 0.409 e. The zero-order valence-corrected chi connectivity index (χ0v) is 9.19. The molecule has 0 fully saturated rings. The highest BCUT2D eigenvalue weighted by Crippen LogP contribution is 2.18. The normalized spacial score (nSPS) is 11.5. The molecule has 1 aromatic carbocycles. The van der Waals surface area contributed by atoms with E-state index in [-0.39, 0.29) is 0 Å². The van der Waals surface area contributed by atoms with Gasteiger partial charge in [-0.2, -0.15) is 0 Å². The van der Waals surface area contributed by atoms with Crippen molar-refractivity contribution in [3.05, 3.63) is 39.6 Å². The minimum Gasteiger partial charge on any atom is -0.461 e. The molecule has 0 amide bonds. The standard InChI is InChI=1S/C10H7N3O5/c1-17-10(14)8(13(15)16)5-6-3-2-4-7-9(6)12-18-11-7/h2-5H,1H3. The second-order valence-corrected chi connectivity index (χ2v) is 3.26. The number of rotatable bonds is 3. The van der Waals surface area contributed by atoms with Gasteiger partial charge in [0.1, 0.15) is 11.0 Å². The second kappa shape index (κ2) is 4.62. The number of nitro groups is 1. The minimum atomic E-state index is -1.03. The van der Waals surface area contributed by atoms with Crippen LogP contribution in [0.25, 0.3) is 17.1 Å². The zero-order valence-electron chi connectivity index (χ0n) is 9.19. The van der Waals surface area contributed by atoms with Crippen LogP contribution in [0.2, 0.25) is 0 Å². The predicted octanol–water partition coefficient (Wildman–Crippen LogP) is 1.01. The molecule has 1 aromatic heterocycles. The fourth-order valence-electron chi connectivity index (χ4n) is 1.38. The van der Waals surface area contributed by atoms with Crippen LogP contribution in [-0.4, -0.2) is 28.3 Å². The highest BCUT2D eigenvalue weighted by molar-refractivity contribution is 5.94. The molecule has 0 radical (unpaired) electrons. The molecule has 92 valence electrons. The third-order valence-corrected chi connectivity index (χ3v) is 2.20. The van der Waals surface area contributed by atoms with E-state index in [4.69, 9.17) is 0 Å². The smallest absolute Gasteiger partial charge is 0.409 e. The molecule has 2 aromatic rings. The molecule has 0 saturated carbocycles. The summed E-state index contributed by atoms with van der Waals surface area (Å²) in [5.41, 5.74) is 0.441. The van der Waals surface area contributed by atoms with Crippen molar-refractivity contribution in [2.45, 2.75) is 0 Å². The van der Waals surface area contributed by atoms with E-state index in [9.17, 15) is 14.9 Å². The molecular weight excluding hydrogens is 242 g/mol. The van der Waals surface area contributed by atoms with Crippen LogP contribution >= 0.6 is 0 Å². The third kappa shape index (κ3) is 2.03. The zero-order chi connectivity index (χ0) is 13.1. The summed E-state index contributed by atoms with van der Waals surface area (Å²) in [5.74, 6) is -1.03. The van der Waals surface area contributed by atoms with Gasteiger partial charge in [-0.3, -0.25) is 10.1 Å². The van der Waals surface area contributed by atoms with E-state index < -0.39 is 16.6 Å². The average molecular weight is 249 g/mol. The van der Waals surface area contributed by atoms with Crippen molar-refractivity contribution in [1.82, 2.24) is 10.3 Å². The molecule has 0 N–H and O–H groups in total. The maximum atomic E-state index is 11.2. The van der Waals surface area contributed by atoms with Gasteiger partial charge < -0.3 is 4.74 Å². The lowest BCUT2D eigenvalue weighted by Crippen LogP contribution is -2.12. The number of fused-ring (bicyclic) bond motifs is 1. The number of carbonyl (C=O) groups is 1. The van der Waals surface area contributed by atoms with Crippen LogP contribution < -0.4 is 0 Å². The molecule has 8 nitrogen and oxygen atoms in total. The van der Waals surface area contributed by atoms with Crippen LogP contribution in [0.5, 0.6) is 0 Å². The van der Waals surface area contributed by atoms with Crippen LogP contribution in [0.15, 0.2) is 28.5 Å². The first-order chi connectivity index (χ1) is 8.63. The number of methoxy groups -OCH3 is 1. The Hall–Kier alpha value is -2.77. The van der Waals surface area contributed by atoms with Crippen molar-refractivity contribution >= 4 is 23.1 Å². The number of nitrogens with zero attached hydrogens (tertiary/aromatic N) is 3. The van der Waals surface area contributed by atoms with E-state index in [1.165, 1.54) is 0 Å². The van der Waals surface area contributed by atoms with Gasteiger partial charge in [0.25, 0.3) is 0 Å². The second-order valence-electron chi connectivity index (χ2n) is 3.26. The highest BCUT2D eigenvalue weighted by atomic mass is 16.6. The van der Waals surface area contributed by atoms with Crippen molar-refractivity contribution in [2.24, 2.45) is 0 Å². The summed E-state index contributed by atoms with van der Waals surface area (Å²) in [5, 5.41) is 18.0. The summed E-state index contributed by atoms with van der Waals surface area (Å²) in [6.07, 6.45) is 1.07. The summed E-state index contributed by atoms with van der Waals surface area (Å²) in [7, 11) is 1.07. The molecule has 8 heteroatoms. The van der Waals surface area contributed by atoms with Gasteiger partial charge in [0.05, 0.1) is 12.0 Å². The number of carbonyl (C=O) groups excluding carboxylic acids is 1. The van der Waals surface area contributed by atoms with Crippen LogP contribution in [0.4, 0.5) is 0 Å². The largest absolute Gasteiger partial charge is 0.461 e. The van der Waals surface area contributed by atoms with Crippen molar-refractivity contribution in [1.29, 1.82) is 0 Å². The average Bonchev–Trinajstić information content (AvgIpc) is 2.83. The summed E-state index contributed by atoms with van der Waals surface area (Å²) in [6, 6.07) is 4.80. The number of hydrogen-bond donors (Lipinski definition) is 0. The Labute approximate surface area is 99.9 Å². The van der Waals surface area contributed by atoms with Crippen LogP contribution in [0, 0.1) is 10.1 Å². The van der Waals surface area contributed by atoms with Crippen LogP contribution in [0.1, 0.15) is 5.56 Å². The number of ether oxygens (including phenoxy) is 1. The molecule has 0 aliphatic carbocycles. The molecule has 0 saturated heterocycles. The van der Waals surface area contributed by atoms with E-state index in [0.29, 0.717) is 16.6 Å². The lowest BCUT2D eigenvalue weighted by molar-refractivity contribution is -0.419. The summed E-state index contributed by atoms with van der Waals surface area (Å²) < 4.78 is 8.85. The Bertz CT molecular complexity index is 646. The first-order valence-corrected chi connectivity index (χ1v) is 4.79. The summed E-state index contributed by atoms with van der Waals surface area (Å²) in [4.78, 5) is 21.2. The summed E-state index contributed by atoms with van der Waals surface area (Å²) >= 11 is 0. The van der Waals surface area contributed by atoms with E-state index >= 15 is 0 Å². The van der Waals surface area contributed by atoms with E-state index in [1.54, 1.807) is 18.2 Å². The van der Waals surface area contributed by atoms with E-state index in [0.717, 1.165) is 13.2 Å². The Morgan fingerprint density at radius 1 is 1.50 bits per heavy atom. The molecule has 18 heavy (non-hydrogen) atoms. The monoisotopic (exact) mass is 249 g/mol. The van der Waals surface area contributed by atoms with Crippen LogP contribution in [-0.2, 0) is 9.53 Å². The van der Waals surface area contributed by atoms with Gasteiger partial charge in [-0.1, -0.05) is 12.1 Å². The van der Waals surface area contributed by atoms with Gasteiger partial charge in [0.15, 0.2) is 0 Å². The van der Waals surface area contributed by atoms with Crippen LogP contribution in [0.3, 0.4) is 0 Å². The SMILES string of the molecule is COC(=O)C(=Cc1cccc2nonc12)[N+](=O)[O-]. The maximum absolute atomic E-state index is 11.2. The quantitative estimate of drug-likeness (QED) is 0.345. The Balaban J connectivity index is 2.56. The molecule has 0 bridgehead atoms. The lowest BCUT2D eigenvalue weighted by Gasteiger charge is -1.97. The molecule has 0 aliphatic heterocycles. The molecule has 1 heterocycles. The Kier molecular flexibility index (Phi) is 3.00. The topological polar surface area (TPSA) is 108 Å². The molecule has 0 spiro atoms. The fourth-order valence-corrected chi connectivity index (χ4v) is 1.38. The van der Waals surface area contributed by atoms with Crippen molar-refractivity contribution < 1.29 is 19.1 Å². The first-order valence-electron chi connectivity index (χ1n) is 4.79. The van der Waals surface area contributed by atoms with Gasteiger partial charge >= 0.3 is 11.7 Å². The third-order valence-electron chi connectivity index (χ3n) is 2.20. The number of aromatic nitrogens is 2. The van der Waals surface area contributed by atoms with Gasteiger partial charge in [-0.25, -0.2) is 9.42 Å². The van der Waals surface area contributed by atoms with Gasteiger partial charge in [0, 0.05) is 11.6 Å². The van der Waals surface area contributed by atoms with Gasteiger partial charge in [-0.15, -0.1) is 0 Å². The Morgan fingerprint density at radius 3 is 2.94 bits per heavy atom. The Morgan fingerprint density at radius 2 is 2.28 bits per heavy atom. The van der Waals surface area contributed by atoms with Crippen molar-refractivity contribution in [2.75, 3.05) is 7.11 Å². The molecule has 0 unspecified atom stereocenters. The van der Waals surface area contributed by atoms with Crippen molar-refractivity contribution in [3.63, 3.8) is 0 Å². The van der Waals surface area contributed by atoms with Crippen molar-refractivity contribution in [3.8, 4) is 0 Å². The van der Waals surface area contributed by atoms with Gasteiger partial charge in [-0.05, 0) is 16.4 Å². The number of esters is 1. The molecule has 0 atom stereocenters. The minimum absolute atomic E-state index is 0.334. The highest BCUT2D eigenvalue weighted by Gasteiger charge is 2.23. The van der Waals surface area contributed by atoms with Gasteiger partial charge in [0.2, 0.25) is 0 Å². The predicted molar refractivity (Wildman–Crippen MR) is 58.8 cm³/mol. The first kappa shape index (κ1) is 11.7. The lowest BCUT2D eigenvalue weighted by atomic mass is 10.1. The van der Waals surface area contributed by atoms with E-state index in [2.05, 4.69) is 19.7 Å². The molecule has 2 rings (SSSR count). The number of hydrogen-bond acceptors (Lipinski definition) is 7. The fraction of sp³-hybridized carbons (Fsp3) is 0.100. The molecule has 0 aliphatic rings. The van der Waals surface area contributed by atoms with E-state index in [1.807, 2.05) is 0 Å².